The minimum absolute atomic E-state index is 0.00420. The van der Waals surface area contributed by atoms with Crippen molar-refractivity contribution in [2.75, 3.05) is 0 Å². The molecule has 0 spiro atoms. The molecule has 1 fully saturated rings. The van der Waals surface area contributed by atoms with Gasteiger partial charge in [-0.3, -0.25) is 9.59 Å². The molecule has 8 heteroatoms. The largest absolute Gasteiger partial charge is 0.494 e. The zero-order chi connectivity index (χ0) is 21.7. The summed E-state index contributed by atoms with van der Waals surface area (Å²) < 4.78 is 13.0. The predicted octanol–water partition coefficient (Wildman–Crippen LogP) is 2.92. The minimum Gasteiger partial charge on any atom is -0.399 e. The first kappa shape index (κ1) is 21.1. The van der Waals surface area contributed by atoms with Crippen molar-refractivity contribution in [3.8, 4) is 0 Å². The highest BCUT2D eigenvalue weighted by molar-refractivity contribution is 9.10. The molecule has 156 valence electrons. The third kappa shape index (κ3) is 3.79. The Kier molecular flexibility index (Phi) is 5.28. The van der Waals surface area contributed by atoms with E-state index in [1.165, 1.54) is 0 Å². The van der Waals surface area contributed by atoms with Crippen LogP contribution >= 0.6 is 15.9 Å². The van der Waals surface area contributed by atoms with E-state index in [0.717, 1.165) is 32.2 Å². The quantitative estimate of drug-likeness (QED) is 0.628. The normalized spacial score (nSPS) is 20.1. The molecule has 0 atom stereocenters. The van der Waals surface area contributed by atoms with Crippen LogP contribution in [-0.4, -0.2) is 30.1 Å². The van der Waals surface area contributed by atoms with Crippen LogP contribution in [0.5, 0.6) is 0 Å². The Morgan fingerprint density at radius 3 is 1.90 bits per heavy atom. The van der Waals surface area contributed by atoms with Gasteiger partial charge in [-0.1, -0.05) is 28.1 Å². The number of fused-ring (bicyclic) bond motifs is 2. The van der Waals surface area contributed by atoms with E-state index in [1.54, 1.807) is 0 Å². The zero-order valence-electron chi connectivity index (χ0n) is 17.5. The Balaban J connectivity index is 0.000000168. The molecule has 0 radical (unpaired) electrons. The highest BCUT2D eigenvalue weighted by atomic mass is 79.9. The van der Waals surface area contributed by atoms with E-state index in [-0.39, 0.29) is 30.1 Å². The van der Waals surface area contributed by atoms with Crippen LogP contribution in [0.1, 0.15) is 59.5 Å². The Labute approximate surface area is 185 Å². The second kappa shape index (κ2) is 7.52. The number of carbonyl (C=O) groups is 2. The van der Waals surface area contributed by atoms with E-state index in [4.69, 9.17) is 9.31 Å². The van der Waals surface area contributed by atoms with Gasteiger partial charge in [-0.05, 0) is 68.6 Å². The SMILES string of the molecule is CC1(C)OB(c2ccc3c(c2)CNC3=O)OC1(C)C.O=C1NCc2cc(Br)ccc21. The number of hydrogen-bond acceptors (Lipinski definition) is 4. The van der Waals surface area contributed by atoms with Gasteiger partial charge in [0.05, 0.1) is 11.2 Å². The first-order chi connectivity index (χ1) is 14.1. The summed E-state index contributed by atoms with van der Waals surface area (Å²) in [4.78, 5) is 22.6. The molecule has 0 aliphatic carbocycles. The molecule has 30 heavy (non-hydrogen) atoms. The van der Waals surface area contributed by atoms with Crippen LogP contribution in [0.3, 0.4) is 0 Å². The Bertz CT molecular complexity index is 1020. The molecule has 6 nitrogen and oxygen atoms in total. The molecule has 2 N–H and O–H groups in total. The smallest absolute Gasteiger partial charge is 0.399 e. The van der Waals surface area contributed by atoms with E-state index in [2.05, 4.69) is 26.6 Å². The molecule has 2 aromatic rings. The van der Waals surface area contributed by atoms with Gasteiger partial charge < -0.3 is 19.9 Å². The van der Waals surface area contributed by atoms with Gasteiger partial charge in [-0.15, -0.1) is 0 Å². The van der Waals surface area contributed by atoms with Crippen LogP contribution in [0, 0.1) is 0 Å². The Morgan fingerprint density at radius 2 is 1.33 bits per heavy atom. The van der Waals surface area contributed by atoms with Crippen molar-refractivity contribution in [3.05, 3.63) is 63.1 Å². The fourth-order valence-electron chi connectivity index (χ4n) is 3.58. The van der Waals surface area contributed by atoms with Crippen LogP contribution in [-0.2, 0) is 22.4 Å². The number of hydrogen-bond donors (Lipinski definition) is 2. The lowest BCUT2D eigenvalue weighted by atomic mass is 9.78. The van der Waals surface area contributed by atoms with Gasteiger partial charge in [0.15, 0.2) is 0 Å². The van der Waals surface area contributed by atoms with E-state index in [0.29, 0.717) is 13.1 Å². The summed E-state index contributed by atoms with van der Waals surface area (Å²) in [5.41, 5.74) is 3.92. The first-order valence-electron chi connectivity index (χ1n) is 9.91. The van der Waals surface area contributed by atoms with E-state index in [1.807, 2.05) is 64.1 Å². The molecule has 2 aromatic carbocycles. The van der Waals surface area contributed by atoms with Gasteiger partial charge in [-0.2, -0.15) is 0 Å². The summed E-state index contributed by atoms with van der Waals surface area (Å²) in [6.45, 7) is 9.38. The fourth-order valence-corrected chi connectivity index (χ4v) is 3.99. The molecule has 3 heterocycles. The van der Waals surface area contributed by atoms with Crippen molar-refractivity contribution >= 4 is 40.3 Å². The third-order valence-corrected chi connectivity index (χ3v) is 6.58. The average Bonchev–Trinajstić information content (AvgIpc) is 3.30. The molecule has 0 aromatic heterocycles. The summed E-state index contributed by atoms with van der Waals surface area (Å²) in [6.07, 6.45) is 0. The van der Waals surface area contributed by atoms with Crippen molar-refractivity contribution in [1.29, 1.82) is 0 Å². The lowest BCUT2D eigenvalue weighted by Gasteiger charge is -2.32. The van der Waals surface area contributed by atoms with Crippen LogP contribution in [0.25, 0.3) is 0 Å². The summed E-state index contributed by atoms with van der Waals surface area (Å²) in [6, 6.07) is 11.4. The summed E-state index contributed by atoms with van der Waals surface area (Å²) in [5.74, 6) is 0.0305. The minimum atomic E-state index is -0.369. The molecular weight excluding hydrogens is 447 g/mol. The van der Waals surface area contributed by atoms with Crippen molar-refractivity contribution in [2.24, 2.45) is 0 Å². The third-order valence-electron chi connectivity index (χ3n) is 6.09. The average molecular weight is 471 g/mol. The second-order valence-electron chi connectivity index (χ2n) is 8.67. The topological polar surface area (TPSA) is 76.7 Å². The van der Waals surface area contributed by atoms with Crippen molar-refractivity contribution in [2.45, 2.75) is 52.0 Å². The van der Waals surface area contributed by atoms with Crippen molar-refractivity contribution < 1.29 is 18.9 Å². The highest BCUT2D eigenvalue weighted by Gasteiger charge is 2.51. The number of benzene rings is 2. The molecule has 0 saturated carbocycles. The molecule has 1 saturated heterocycles. The number of carbonyl (C=O) groups excluding carboxylic acids is 2. The Hall–Kier alpha value is -2.16. The van der Waals surface area contributed by atoms with Crippen molar-refractivity contribution in [1.82, 2.24) is 10.6 Å². The van der Waals surface area contributed by atoms with Gasteiger partial charge >= 0.3 is 7.12 Å². The number of halogens is 1. The van der Waals surface area contributed by atoms with Gasteiger partial charge in [0.1, 0.15) is 0 Å². The molecule has 3 aliphatic rings. The van der Waals surface area contributed by atoms with Crippen molar-refractivity contribution in [3.63, 3.8) is 0 Å². The first-order valence-corrected chi connectivity index (χ1v) is 10.7. The van der Waals surface area contributed by atoms with Gasteiger partial charge in [0, 0.05) is 28.7 Å². The van der Waals surface area contributed by atoms with Gasteiger partial charge in [-0.25, -0.2) is 0 Å². The molecule has 2 amide bonds. The van der Waals surface area contributed by atoms with E-state index >= 15 is 0 Å². The maximum Gasteiger partial charge on any atom is 0.494 e. The summed E-state index contributed by atoms with van der Waals surface area (Å²) in [5, 5.41) is 5.57. The van der Waals surface area contributed by atoms with E-state index < -0.39 is 0 Å². The van der Waals surface area contributed by atoms with Gasteiger partial charge in [0.25, 0.3) is 11.8 Å². The second-order valence-corrected chi connectivity index (χ2v) is 9.59. The highest BCUT2D eigenvalue weighted by Crippen LogP contribution is 2.36. The molecular formula is C22H24BBrN2O4. The monoisotopic (exact) mass is 470 g/mol. The van der Waals surface area contributed by atoms with Crippen LogP contribution in [0.2, 0.25) is 0 Å². The van der Waals surface area contributed by atoms with E-state index in [9.17, 15) is 9.59 Å². The number of rotatable bonds is 1. The maximum absolute atomic E-state index is 11.5. The Morgan fingerprint density at radius 1 is 0.833 bits per heavy atom. The fraction of sp³-hybridized carbons (Fsp3) is 0.364. The zero-order valence-corrected chi connectivity index (χ0v) is 19.1. The molecule has 0 unspecified atom stereocenters. The predicted molar refractivity (Wildman–Crippen MR) is 119 cm³/mol. The number of nitrogens with one attached hydrogen (secondary N) is 2. The molecule has 3 aliphatic heterocycles. The summed E-state index contributed by atoms with van der Waals surface area (Å²) >= 11 is 3.35. The van der Waals surface area contributed by atoms with Crippen LogP contribution in [0.4, 0.5) is 0 Å². The van der Waals surface area contributed by atoms with Gasteiger partial charge in [0.2, 0.25) is 0 Å². The lowest BCUT2D eigenvalue weighted by Crippen LogP contribution is -2.41. The molecule has 0 bridgehead atoms. The number of amides is 2. The molecule has 5 rings (SSSR count). The van der Waals surface area contributed by atoms with Crippen LogP contribution < -0.4 is 16.1 Å². The lowest BCUT2D eigenvalue weighted by molar-refractivity contribution is 0.00578. The summed E-state index contributed by atoms with van der Waals surface area (Å²) in [7, 11) is -0.369. The standard InChI is InChI=1S/C14H18BNO3.C8H6BrNO/c1-13(2)14(3,4)19-15(18-13)10-5-6-11-9(7-10)8-16-12(11)17;9-6-1-2-7-5(3-6)4-10-8(7)11/h5-7H,8H2,1-4H3,(H,16,17);1-3H,4H2,(H,10,11). The maximum atomic E-state index is 11.5. The van der Waals surface area contributed by atoms with Crippen LogP contribution in [0.15, 0.2) is 40.9 Å².